The van der Waals surface area contributed by atoms with Crippen LogP contribution in [0.2, 0.25) is 18.1 Å². The van der Waals surface area contributed by atoms with Crippen molar-refractivity contribution in [3.05, 3.63) is 83.9 Å². The first kappa shape index (κ1) is 33.7. The maximum Gasteiger partial charge on any atom is 0.338 e. The van der Waals surface area contributed by atoms with Gasteiger partial charge in [-0.3, -0.25) is 0 Å². The van der Waals surface area contributed by atoms with Crippen molar-refractivity contribution in [2.75, 3.05) is 6.61 Å². The lowest BCUT2D eigenvalue weighted by Gasteiger charge is -2.36. The van der Waals surface area contributed by atoms with Gasteiger partial charge in [0.15, 0.2) is 14.1 Å². The van der Waals surface area contributed by atoms with Gasteiger partial charge in [0.05, 0.1) is 17.2 Å². The summed E-state index contributed by atoms with van der Waals surface area (Å²) >= 11 is 0. The van der Waals surface area contributed by atoms with Gasteiger partial charge in [-0.2, -0.15) is 0 Å². The number of esters is 2. The first-order valence-electron chi connectivity index (χ1n) is 14.5. The first-order valence-corrected chi connectivity index (χ1v) is 17.4. The summed E-state index contributed by atoms with van der Waals surface area (Å²) in [6, 6.07) is 17.2. The van der Waals surface area contributed by atoms with E-state index in [1.165, 1.54) is 6.08 Å². The number of ether oxygens (including phenoxy) is 4. The number of aliphatic hydroxyl groups excluding tert-OH is 1. The van der Waals surface area contributed by atoms with E-state index in [1.807, 2.05) is 19.9 Å². The Hall–Kier alpha value is -2.82. The molecule has 5 atom stereocenters. The fourth-order valence-electron chi connectivity index (χ4n) is 4.25. The van der Waals surface area contributed by atoms with E-state index >= 15 is 0 Å². The fraction of sp³-hybridized carbons (Fsp3) is 0.515. The topological polar surface area (TPSA) is 101 Å². The molecule has 8 nitrogen and oxygen atoms in total. The molecular formula is C33H46O8Si. The van der Waals surface area contributed by atoms with Crippen molar-refractivity contribution in [1.82, 2.24) is 0 Å². The Morgan fingerprint density at radius 1 is 0.929 bits per heavy atom. The Labute approximate surface area is 251 Å². The summed E-state index contributed by atoms with van der Waals surface area (Å²) in [6.45, 7) is 16.6. The second-order valence-corrected chi connectivity index (χ2v) is 17.4. The van der Waals surface area contributed by atoms with Crippen LogP contribution in [0.15, 0.2) is 72.8 Å². The number of rotatable bonds is 12. The minimum atomic E-state index is -1.98. The fourth-order valence-corrected chi connectivity index (χ4v) is 5.32. The zero-order valence-corrected chi connectivity index (χ0v) is 27.0. The third kappa shape index (κ3) is 9.34. The summed E-state index contributed by atoms with van der Waals surface area (Å²) < 4.78 is 30.3. The Bertz CT molecular complexity index is 1190. The highest BCUT2D eigenvalue weighted by atomic mass is 28.4. The molecule has 0 saturated carbocycles. The van der Waals surface area contributed by atoms with Gasteiger partial charge in [0, 0.05) is 6.61 Å². The van der Waals surface area contributed by atoms with Gasteiger partial charge >= 0.3 is 11.9 Å². The van der Waals surface area contributed by atoms with Crippen molar-refractivity contribution in [3.63, 3.8) is 0 Å². The second kappa shape index (κ2) is 14.1. The monoisotopic (exact) mass is 598 g/mol. The number of hydrogen-bond acceptors (Lipinski definition) is 8. The lowest BCUT2D eigenvalue weighted by Crippen LogP contribution is -2.42. The maximum absolute atomic E-state index is 13.1. The average Bonchev–Trinajstić information content (AvgIpc) is 3.24. The summed E-state index contributed by atoms with van der Waals surface area (Å²) in [6.07, 6.45) is -0.448. The number of benzene rings is 2. The predicted molar refractivity (Wildman–Crippen MR) is 164 cm³/mol. The van der Waals surface area contributed by atoms with Crippen LogP contribution in [-0.4, -0.2) is 68.3 Å². The van der Waals surface area contributed by atoms with Crippen LogP contribution in [0.5, 0.6) is 0 Å². The highest BCUT2D eigenvalue weighted by molar-refractivity contribution is 6.74. The molecule has 1 N–H and O–H groups in total. The quantitative estimate of drug-likeness (QED) is 0.172. The summed E-state index contributed by atoms with van der Waals surface area (Å²) in [5, 5.41) is 10.9. The molecule has 42 heavy (non-hydrogen) atoms. The van der Waals surface area contributed by atoms with Crippen LogP contribution in [0.1, 0.15) is 68.7 Å². The van der Waals surface area contributed by atoms with Gasteiger partial charge in [-0.05, 0) is 75.7 Å². The van der Waals surface area contributed by atoms with E-state index in [9.17, 15) is 14.7 Å². The summed E-state index contributed by atoms with van der Waals surface area (Å²) in [5.41, 5.74) is 0.772. The molecule has 9 heteroatoms. The average molecular weight is 599 g/mol. The SMILES string of the molecule is C[C@H](OC(=O)c1ccccc1)[C@H](O)/C=C\C(OC(=O)c1ccccc1)[C@H]1OC(C)(C)O[C@H]1CCO[Si](C)(C)C(C)(C)C. The Morgan fingerprint density at radius 2 is 1.45 bits per heavy atom. The van der Waals surface area contributed by atoms with Gasteiger partial charge < -0.3 is 28.5 Å². The van der Waals surface area contributed by atoms with E-state index < -0.39 is 56.6 Å². The smallest absolute Gasteiger partial charge is 0.338 e. The molecule has 0 amide bonds. The third-order valence-electron chi connectivity index (χ3n) is 7.75. The van der Waals surface area contributed by atoms with Crippen LogP contribution < -0.4 is 0 Å². The molecule has 0 spiro atoms. The second-order valence-electron chi connectivity index (χ2n) is 12.6. The zero-order chi connectivity index (χ0) is 31.1. The Kier molecular flexibility index (Phi) is 11.3. The van der Waals surface area contributed by atoms with Crippen LogP contribution in [0.4, 0.5) is 0 Å². The van der Waals surface area contributed by atoms with Crippen molar-refractivity contribution < 1.29 is 38.1 Å². The molecule has 0 aromatic heterocycles. The minimum Gasteiger partial charge on any atom is -0.456 e. The molecule has 1 fully saturated rings. The van der Waals surface area contributed by atoms with Crippen molar-refractivity contribution in [1.29, 1.82) is 0 Å². The van der Waals surface area contributed by atoms with E-state index in [4.69, 9.17) is 23.4 Å². The molecule has 1 saturated heterocycles. The summed E-state index contributed by atoms with van der Waals surface area (Å²) in [5.74, 6) is -2.00. The molecule has 1 heterocycles. The highest BCUT2D eigenvalue weighted by Gasteiger charge is 2.46. The van der Waals surface area contributed by atoms with Crippen molar-refractivity contribution >= 4 is 20.3 Å². The molecule has 2 aromatic carbocycles. The molecule has 3 rings (SSSR count). The summed E-state index contributed by atoms with van der Waals surface area (Å²) in [4.78, 5) is 25.6. The number of aliphatic hydroxyl groups is 1. The Morgan fingerprint density at radius 3 is 1.98 bits per heavy atom. The van der Waals surface area contributed by atoms with Crippen molar-refractivity contribution in [2.45, 2.75) is 102 Å². The predicted octanol–water partition coefficient (Wildman–Crippen LogP) is 6.31. The van der Waals surface area contributed by atoms with Crippen molar-refractivity contribution in [3.8, 4) is 0 Å². The van der Waals surface area contributed by atoms with E-state index in [0.29, 0.717) is 24.2 Å². The minimum absolute atomic E-state index is 0.0615. The summed E-state index contributed by atoms with van der Waals surface area (Å²) in [7, 11) is -1.98. The van der Waals surface area contributed by atoms with Crippen LogP contribution in [0.3, 0.4) is 0 Å². The molecule has 0 radical (unpaired) electrons. The van der Waals surface area contributed by atoms with Gasteiger partial charge in [-0.25, -0.2) is 9.59 Å². The van der Waals surface area contributed by atoms with Crippen LogP contribution >= 0.6 is 0 Å². The normalized spacial score (nSPS) is 21.1. The molecule has 0 bridgehead atoms. The molecule has 0 aliphatic carbocycles. The number of carbonyl (C=O) groups excluding carboxylic acids is 2. The molecule has 230 valence electrons. The van der Waals surface area contributed by atoms with E-state index in [2.05, 4.69) is 33.9 Å². The first-order chi connectivity index (χ1) is 19.6. The lowest BCUT2D eigenvalue weighted by atomic mass is 10.0. The molecule has 2 aromatic rings. The van der Waals surface area contributed by atoms with Gasteiger partial charge in [0.1, 0.15) is 24.4 Å². The molecule has 1 unspecified atom stereocenters. The zero-order valence-electron chi connectivity index (χ0n) is 26.0. The molecule has 1 aliphatic heterocycles. The molecule has 1 aliphatic rings. The van der Waals surface area contributed by atoms with Crippen LogP contribution in [0, 0.1) is 0 Å². The van der Waals surface area contributed by atoms with Gasteiger partial charge in [-0.1, -0.05) is 63.2 Å². The van der Waals surface area contributed by atoms with Crippen LogP contribution in [0.25, 0.3) is 0 Å². The highest BCUT2D eigenvalue weighted by Crippen LogP contribution is 2.38. The number of hydrogen-bond donors (Lipinski definition) is 1. The van der Waals surface area contributed by atoms with E-state index in [1.54, 1.807) is 67.6 Å². The van der Waals surface area contributed by atoms with Crippen molar-refractivity contribution in [2.24, 2.45) is 0 Å². The van der Waals surface area contributed by atoms with E-state index in [-0.39, 0.29) is 5.04 Å². The van der Waals surface area contributed by atoms with Gasteiger partial charge in [0.2, 0.25) is 0 Å². The lowest BCUT2D eigenvalue weighted by molar-refractivity contribution is -0.153. The molecular weight excluding hydrogens is 552 g/mol. The maximum atomic E-state index is 13.1. The Balaban J connectivity index is 1.79. The van der Waals surface area contributed by atoms with E-state index in [0.717, 1.165) is 0 Å². The van der Waals surface area contributed by atoms with Gasteiger partial charge in [-0.15, -0.1) is 0 Å². The number of carbonyl (C=O) groups is 2. The largest absolute Gasteiger partial charge is 0.456 e. The van der Waals surface area contributed by atoms with Crippen LogP contribution in [-0.2, 0) is 23.4 Å². The van der Waals surface area contributed by atoms with Gasteiger partial charge in [0.25, 0.3) is 0 Å². The third-order valence-corrected chi connectivity index (χ3v) is 12.3. The standard InChI is InChI=1S/C33H46O8Si/c1-23(38-30(35)24-15-11-9-12-16-24)26(34)19-20-27(39-31(36)25-17-13-10-14-18-25)29-28(40-33(5,6)41-29)21-22-37-42(7,8)32(2,3)4/h9-20,23,26-29,34H,21-22H2,1-8H3/b20-19-/t23-,26+,27?,28-,29+/m0/s1.